The second kappa shape index (κ2) is 11.4. The molecule has 3 rings (SSSR count). The van der Waals surface area contributed by atoms with E-state index in [0.29, 0.717) is 23.1 Å². The third kappa shape index (κ3) is 6.21. The van der Waals surface area contributed by atoms with Crippen molar-refractivity contribution in [2.24, 2.45) is 0 Å². The number of aromatic nitrogens is 3. The number of allylic oxidation sites excluding steroid dienone is 1. The smallest absolute Gasteiger partial charge is 0.271 e. The number of halogens is 1. The zero-order valence-electron chi connectivity index (χ0n) is 18.1. The fraction of sp³-hybridized carbons (Fsp3) is 0.182. The summed E-state index contributed by atoms with van der Waals surface area (Å²) in [4.78, 5) is 35.3. The minimum atomic E-state index is -0.572. The summed E-state index contributed by atoms with van der Waals surface area (Å²) < 4.78 is 1.75. The molecule has 0 spiro atoms. The number of carbonyl (C=O) groups excluding carboxylic acids is 2. The standard InChI is InChI=1S/C22H21ClN6O4S/c1-3-11-28-20(14(2)24-21(31)15-7-5-4-6-8-15)26-27-22(28)34-13-19(30)25-18-12-16(29(32)33)9-10-17(18)23/h3-10,12,14H,1,11,13H2,2H3,(H,24,31)(H,25,30)/t14-/m0/s1. The summed E-state index contributed by atoms with van der Waals surface area (Å²) in [6.45, 7) is 5.90. The third-order valence-electron chi connectivity index (χ3n) is 4.60. The minimum Gasteiger partial charge on any atom is -0.342 e. The number of nitrogens with one attached hydrogen (secondary N) is 2. The molecule has 0 aliphatic carbocycles. The number of anilines is 1. The van der Waals surface area contributed by atoms with Crippen molar-refractivity contribution >= 4 is 46.6 Å². The molecule has 34 heavy (non-hydrogen) atoms. The average molecular weight is 501 g/mol. The molecule has 1 heterocycles. The third-order valence-corrected chi connectivity index (χ3v) is 5.89. The number of thioether (sulfide) groups is 1. The molecule has 0 fully saturated rings. The molecule has 10 nitrogen and oxygen atoms in total. The predicted molar refractivity (Wildman–Crippen MR) is 130 cm³/mol. The number of nitro benzene ring substituents is 1. The van der Waals surface area contributed by atoms with E-state index in [2.05, 4.69) is 27.4 Å². The molecule has 1 aromatic heterocycles. The highest BCUT2D eigenvalue weighted by Crippen LogP contribution is 2.27. The molecule has 2 amide bonds. The van der Waals surface area contributed by atoms with Crippen LogP contribution in [0.4, 0.5) is 11.4 Å². The summed E-state index contributed by atoms with van der Waals surface area (Å²) >= 11 is 7.16. The molecule has 2 N–H and O–H groups in total. The highest BCUT2D eigenvalue weighted by Gasteiger charge is 2.21. The molecule has 0 aliphatic rings. The van der Waals surface area contributed by atoms with E-state index in [1.807, 2.05) is 6.07 Å². The van der Waals surface area contributed by atoms with Gasteiger partial charge in [-0.1, -0.05) is 47.6 Å². The Bertz CT molecular complexity index is 1220. The Morgan fingerprint density at radius 2 is 2.00 bits per heavy atom. The van der Waals surface area contributed by atoms with Crippen molar-refractivity contribution in [1.82, 2.24) is 20.1 Å². The Balaban J connectivity index is 1.68. The summed E-state index contributed by atoms with van der Waals surface area (Å²) in [5.74, 6) is -0.205. The highest BCUT2D eigenvalue weighted by atomic mass is 35.5. The average Bonchev–Trinajstić information content (AvgIpc) is 3.22. The summed E-state index contributed by atoms with van der Waals surface area (Å²) in [6, 6.07) is 12.2. The van der Waals surface area contributed by atoms with E-state index in [1.165, 1.54) is 18.2 Å². The number of nitrogens with zero attached hydrogens (tertiary/aromatic N) is 4. The van der Waals surface area contributed by atoms with Gasteiger partial charge < -0.3 is 15.2 Å². The largest absolute Gasteiger partial charge is 0.342 e. The van der Waals surface area contributed by atoms with Crippen molar-refractivity contribution < 1.29 is 14.5 Å². The van der Waals surface area contributed by atoms with Gasteiger partial charge in [0, 0.05) is 24.2 Å². The van der Waals surface area contributed by atoms with Gasteiger partial charge in [0.05, 0.1) is 27.4 Å². The van der Waals surface area contributed by atoms with E-state index >= 15 is 0 Å². The van der Waals surface area contributed by atoms with Gasteiger partial charge in [0.1, 0.15) is 0 Å². The lowest BCUT2D eigenvalue weighted by molar-refractivity contribution is -0.384. The Kier molecular flexibility index (Phi) is 8.39. The quantitative estimate of drug-likeness (QED) is 0.184. The predicted octanol–water partition coefficient (Wildman–Crippen LogP) is 4.25. The number of carbonyl (C=O) groups is 2. The van der Waals surface area contributed by atoms with E-state index in [-0.39, 0.29) is 28.1 Å². The maximum absolute atomic E-state index is 12.5. The second-order valence-electron chi connectivity index (χ2n) is 7.06. The Labute approximate surface area is 204 Å². The zero-order chi connectivity index (χ0) is 24.7. The van der Waals surface area contributed by atoms with Crippen LogP contribution in [0.1, 0.15) is 29.1 Å². The highest BCUT2D eigenvalue weighted by molar-refractivity contribution is 7.99. The van der Waals surface area contributed by atoms with Gasteiger partial charge in [-0.05, 0) is 25.1 Å². The SMILES string of the molecule is C=CCn1c(SCC(=O)Nc2cc([N+](=O)[O-])ccc2Cl)nnc1[C@H](C)NC(=O)c1ccccc1. The number of nitro groups is 1. The number of hydrogen-bond acceptors (Lipinski definition) is 7. The van der Waals surface area contributed by atoms with Crippen LogP contribution in [0.3, 0.4) is 0 Å². The van der Waals surface area contributed by atoms with Crippen molar-refractivity contribution in [3.63, 3.8) is 0 Å². The topological polar surface area (TPSA) is 132 Å². The van der Waals surface area contributed by atoms with Crippen molar-refractivity contribution in [1.29, 1.82) is 0 Å². The monoisotopic (exact) mass is 500 g/mol. The van der Waals surface area contributed by atoms with Gasteiger partial charge in [0.2, 0.25) is 5.91 Å². The minimum absolute atomic E-state index is 0.0426. The van der Waals surface area contributed by atoms with E-state index in [1.54, 1.807) is 41.8 Å². The van der Waals surface area contributed by atoms with Crippen LogP contribution in [-0.2, 0) is 11.3 Å². The molecule has 0 saturated heterocycles. The van der Waals surface area contributed by atoms with Gasteiger partial charge in [0.25, 0.3) is 11.6 Å². The van der Waals surface area contributed by atoms with Crippen molar-refractivity contribution in [3.8, 4) is 0 Å². The molecule has 3 aromatic rings. The van der Waals surface area contributed by atoms with Gasteiger partial charge >= 0.3 is 0 Å². The van der Waals surface area contributed by atoms with Gasteiger partial charge in [-0.15, -0.1) is 16.8 Å². The molecule has 1 atom stereocenters. The summed E-state index contributed by atoms with van der Waals surface area (Å²) in [7, 11) is 0. The maximum Gasteiger partial charge on any atom is 0.271 e. The molecule has 0 saturated carbocycles. The lowest BCUT2D eigenvalue weighted by Crippen LogP contribution is -2.28. The lowest BCUT2D eigenvalue weighted by atomic mass is 10.2. The summed E-state index contributed by atoms with van der Waals surface area (Å²) in [5, 5.41) is 25.4. The van der Waals surface area contributed by atoms with Crippen molar-refractivity contribution in [2.45, 2.75) is 24.7 Å². The fourth-order valence-corrected chi connectivity index (χ4v) is 3.92. The van der Waals surface area contributed by atoms with E-state index in [0.717, 1.165) is 11.8 Å². The molecule has 0 radical (unpaired) electrons. The van der Waals surface area contributed by atoms with E-state index < -0.39 is 16.9 Å². The first-order valence-corrected chi connectivity index (χ1v) is 11.4. The lowest BCUT2D eigenvalue weighted by Gasteiger charge is -2.15. The molecule has 0 unspecified atom stereocenters. The normalized spacial score (nSPS) is 11.5. The van der Waals surface area contributed by atoms with Crippen molar-refractivity contribution in [2.75, 3.05) is 11.1 Å². The fourth-order valence-electron chi connectivity index (χ4n) is 3.00. The first-order valence-electron chi connectivity index (χ1n) is 10.1. The molecule has 0 aliphatic heterocycles. The Morgan fingerprint density at radius 3 is 2.68 bits per heavy atom. The first-order chi connectivity index (χ1) is 16.3. The van der Waals surface area contributed by atoms with Crippen LogP contribution in [0.25, 0.3) is 0 Å². The Hall–Kier alpha value is -3.70. The molecular weight excluding hydrogens is 480 g/mol. The molecule has 0 bridgehead atoms. The van der Waals surface area contributed by atoms with Crippen LogP contribution in [0.15, 0.2) is 66.3 Å². The van der Waals surface area contributed by atoms with E-state index in [4.69, 9.17) is 11.6 Å². The first kappa shape index (κ1) is 24.9. The number of benzene rings is 2. The van der Waals surface area contributed by atoms with Crippen LogP contribution >= 0.6 is 23.4 Å². The van der Waals surface area contributed by atoms with Gasteiger partial charge in [-0.3, -0.25) is 19.7 Å². The van der Waals surface area contributed by atoms with Gasteiger partial charge in [0.15, 0.2) is 11.0 Å². The zero-order valence-corrected chi connectivity index (χ0v) is 19.7. The van der Waals surface area contributed by atoms with Gasteiger partial charge in [-0.2, -0.15) is 0 Å². The van der Waals surface area contributed by atoms with Crippen LogP contribution < -0.4 is 10.6 Å². The number of amides is 2. The van der Waals surface area contributed by atoms with Crippen LogP contribution in [-0.4, -0.2) is 37.3 Å². The molecular formula is C22H21ClN6O4S. The summed E-state index contributed by atoms with van der Waals surface area (Å²) in [6.07, 6.45) is 1.66. The summed E-state index contributed by atoms with van der Waals surface area (Å²) in [5.41, 5.74) is 0.483. The number of hydrogen-bond donors (Lipinski definition) is 2. The van der Waals surface area contributed by atoms with Crippen LogP contribution in [0.2, 0.25) is 5.02 Å². The maximum atomic E-state index is 12.5. The molecule has 12 heteroatoms. The molecule has 2 aromatic carbocycles. The molecule has 176 valence electrons. The van der Waals surface area contributed by atoms with Crippen LogP contribution in [0, 0.1) is 10.1 Å². The van der Waals surface area contributed by atoms with Crippen LogP contribution in [0.5, 0.6) is 0 Å². The second-order valence-corrected chi connectivity index (χ2v) is 8.41. The Morgan fingerprint density at radius 1 is 1.26 bits per heavy atom. The van der Waals surface area contributed by atoms with Crippen molar-refractivity contribution in [3.05, 3.63) is 87.7 Å². The number of rotatable bonds is 10. The number of non-ortho nitro benzene ring substituents is 1. The van der Waals surface area contributed by atoms with E-state index in [9.17, 15) is 19.7 Å². The van der Waals surface area contributed by atoms with Gasteiger partial charge in [-0.25, -0.2) is 0 Å².